The number of ether oxygens (including phenoxy) is 6. The van der Waals surface area contributed by atoms with Gasteiger partial charge in [-0.2, -0.15) is 0 Å². The largest absolute Gasteiger partial charge is 0.457 e. The highest BCUT2D eigenvalue weighted by atomic mass is 16.7. The lowest BCUT2D eigenvalue weighted by atomic mass is 9.71. The number of carbonyl (C=O) groups excluding carboxylic acids is 3. The number of allylic oxidation sites excluding steroid dienone is 2. The van der Waals surface area contributed by atoms with Crippen LogP contribution >= 0.6 is 0 Å². The molecule has 0 aromatic heterocycles. The second-order valence-corrected chi connectivity index (χ2v) is 19.4. The van der Waals surface area contributed by atoms with Crippen molar-refractivity contribution in [1.29, 1.82) is 0 Å². The Morgan fingerprint density at radius 2 is 1.60 bits per heavy atom. The predicted octanol–water partition coefficient (Wildman–Crippen LogP) is 7.41. The lowest BCUT2D eigenvalue weighted by Gasteiger charge is -2.49. The Bertz CT molecular complexity index is 1630. The number of nitrogens with zero attached hydrogens (tertiary/aromatic N) is 3. The molecule has 0 aromatic carbocycles. The third-order valence-electron chi connectivity index (χ3n) is 13.9. The van der Waals surface area contributed by atoms with E-state index in [9.17, 15) is 9.59 Å². The van der Waals surface area contributed by atoms with Gasteiger partial charge in [-0.1, -0.05) is 58.6 Å². The lowest BCUT2D eigenvalue weighted by Crippen LogP contribution is -2.64. The molecule has 4 aliphatic heterocycles. The number of hydrogen-bond donors (Lipinski definition) is 0. The molecule has 0 aliphatic carbocycles. The van der Waals surface area contributed by atoms with Crippen LogP contribution in [0.25, 0.3) is 0 Å². The van der Waals surface area contributed by atoms with Crippen LogP contribution in [0.5, 0.6) is 0 Å². The van der Waals surface area contributed by atoms with Crippen LogP contribution in [-0.2, 0) is 38.0 Å². The zero-order valence-corrected chi connectivity index (χ0v) is 38.7. The first-order chi connectivity index (χ1) is 26.9. The molecular formula is C46H75N3O9. The zero-order valence-electron chi connectivity index (χ0n) is 38.7. The summed E-state index contributed by atoms with van der Waals surface area (Å²) in [6.45, 7) is 27.2. The Balaban J connectivity index is 1.99. The number of likely N-dealkylation sites (N-methyl/N-ethyl adjacent to an activating group) is 1. The summed E-state index contributed by atoms with van der Waals surface area (Å²) in [4.78, 5) is 53.2. The van der Waals surface area contributed by atoms with Crippen LogP contribution in [-0.4, -0.2) is 126 Å². The summed E-state index contributed by atoms with van der Waals surface area (Å²) >= 11 is 0. The molecule has 0 aromatic rings. The minimum atomic E-state index is -1.62. The third kappa shape index (κ3) is 8.95. The van der Waals surface area contributed by atoms with Crippen LogP contribution in [0, 0.1) is 35.0 Å². The number of fused-ring (bicyclic) bond motifs is 1. The van der Waals surface area contributed by atoms with Crippen molar-refractivity contribution in [1.82, 2.24) is 9.80 Å². The van der Waals surface area contributed by atoms with Gasteiger partial charge in [0.15, 0.2) is 17.7 Å². The Morgan fingerprint density at radius 3 is 2.19 bits per heavy atom. The van der Waals surface area contributed by atoms with E-state index < -0.39 is 76.3 Å². The SMILES string of the molecule is CC/C=C/CC#CCO[C@@]1(C)C[C@@H](C)C2=NC(C)(C)C(C)(C)N3C(=O)O[C@](C)([C@@H](CC)OC(=O)C(C)(C)C(=O)[C@H](C)[C@H]1O[C@@H]1O[C@H](C)C[C@H](N(C)C)[C@H]1OC)[C@H]3[C@H]2C. The highest BCUT2D eigenvalue weighted by Gasteiger charge is 2.66. The number of ketones is 1. The van der Waals surface area contributed by atoms with E-state index in [1.807, 2.05) is 80.5 Å². The number of carbonyl (C=O) groups is 3. The molecule has 0 saturated carbocycles. The van der Waals surface area contributed by atoms with E-state index in [1.54, 1.807) is 27.9 Å². The lowest BCUT2D eigenvalue weighted by molar-refractivity contribution is -0.300. The summed E-state index contributed by atoms with van der Waals surface area (Å²) in [7, 11) is 5.66. The second kappa shape index (κ2) is 18.0. The fourth-order valence-electron chi connectivity index (χ4n) is 9.92. The Hall–Kier alpha value is -2.82. The smallest absolute Gasteiger partial charge is 0.411 e. The van der Waals surface area contributed by atoms with Gasteiger partial charge in [0.25, 0.3) is 0 Å². The number of hydrogen-bond acceptors (Lipinski definition) is 11. The fourth-order valence-corrected chi connectivity index (χ4v) is 9.92. The number of amides is 1. The molecule has 0 spiro atoms. The first-order valence-electron chi connectivity index (χ1n) is 21.5. The highest BCUT2D eigenvalue weighted by molar-refractivity contribution is 6.04. The van der Waals surface area contributed by atoms with Crippen molar-refractivity contribution >= 4 is 23.6 Å². The summed E-state index contributed by atoms with van der Waals surface area (Å²) in [5, 5.41) is 0. The predicted molar refractivity (Wildman–Crippen MR) is 225 cm³/mol. The van der Waals surface area contributed by atoms with Gasteiger partial charge in [0.2, 0.25) is 0 Å². The molecule has 328 valence electrons. The molecule has 12 heteroatoms. The van der Waals surface area contributed by atoms with Crippen molar-refractivity contribution in [3.63, 3.8) is 0 Å². The monoisotopic (exact) mass is 814 g/mol. The van der Waals surface area contributed by atoms with E-state index in [4.69, 9.17) is 33.4 Å². The molecule has 0 unspecified atom stereocenters. The standard InChI is InChI=1S/C46H75N3O9/c1-18-20-21-22-23-24-25-54-45(13)27-28(3)34-30(5)36-46(14,58-41(52)49(36)44(11,12)43(9,10)47-34)33(19-2)56-40(51)42(7,8)37(50)31(6)38(45)57-39-35(53-17)32(48(15)16)26-29(4)55-39/h20-21,28-33,35-36,38-39H,18-19,22,25-27H2,1-17H3/b21-20+/t28-,29-,30+,31+,32+,33-,35-,36-,38-,39+,45+,46-/m1/s1. The topological polar surface area (TPSA) is 125 Å². The van der Waals surface area contributed by atoms with Gasteiger partial charge in [0, 0.05) is 37.1 Å². The van der Waals surface area contributed by atoms with Crippen molar-refractivity contribution in [3.05, 3.63) is 12.2 Å². The van der Waals surface area contributed by atoms with Crippen molar-refractivity contribution in [2.45, 2.75) is 194 Å². The van der Waals surface area contributed by atoms with Gasteiger partial charge >= 0.3 is 12.1 Å². The van der Waals surface area contributed by atoms with E-state index >= 15 is 4.79 Å². The van der Waals surface area contributed by atoms with E-state index in [1.165, 1.54) is 0 Å². The molecule has 4 rings (SSSR count). The van der Waals surface area contributed by atoms with Crippen LogP contribution in [0.3, 0.4) is 0 Å². The van der Waals surface area contributed by atoms with Crippen molar-refractivity contribution in [2.24, 2.45) is 28.2 Å². The number of methoxy groups -OCH3 is 1. The normalized spacial score (nSPS) is 39.0. The van der Waals surface area contributed by atoms with Gasteiger partial charge in [-0.05, 0) is 108 Å². The molecule has 3 saturated heterocycles. The summed E-state index contributed by atoms with van der Waals surface area (Å²) in [6.07, 6.45) is 3.26. The molecule has 12 atom stereocenters. The molecular weight excluding hydrogens is 739 g/mol. The van der Waals surface area contributed by atoms with Crippen LogP contribution in [0.15, 0.2) is 17.1 Å². The number of Topliss-reactive ketones (excluding diaryl/α,β-unsaturated/α-hetero) is 1. The summed E-state index contributed by atoms with van der Waals surface area (Å²) in [5.41, 5.74) is -4.75. The highest BCUT2D eigenvalue weighted by Crippen LogP contribution is 2.50. The van der Waals surface area contributed by atoms with E-state index in [0.29, 0.717) is 19.3 Å². The molecule has 2 bridgehead atoms. The van der Waals surface area contributed by atoms with Crippen molar-refractivity contribution in [3.8, 4) is 11.8 Å². The summed E-state index contributed by atoms with van der Waals surface area (Å²) < 4.78 is 39.4. The summed E-state index contributed by atoms with van der Waals surface area (Å²) in [6, 6.07) is -0.589. The van der Waals surface area contributed by atoms with E-state index in [2.05, 4.69) is 43.6 Å². The van der Waals surface area contributed by atoms with Gasteiger partial charge in [0.1, 0.15) is 24.2 Å². The summed E-state index contributed by atoms with van der Waals surface area (Å²) in [5.74, 6) is 3.83. The van der Waals surface area contributed by atoms with Crippen LogP contribution in [0.2, 0.25) is 0 Å². The van der Waals surface area contributed by atoms with Gasteiger partial charge in [-0.25, -0.2) is 4.79 Å². The maximum Gasteiger partial charge on any atom is 0.411 e. The maximum atomic E-state index is 15.0. The van der Waals surface area contributed by atoms with Gasteiger partial charge < -0.3 is 33.3 Å². The third-order valence-corrected chi connectivity index (χ3v) is 13.9. The average molecular weight is 814 g/mol. The minimum absolute atomic E-state index is 0.0332. The number of esters is 1. The Kier molecular flexibility index (Phi) is 14.9. The quantitative estimate of drug-likeness (QED) is 0.101. The molecule has 3 fully saturated rings. The van der Waals surface area contributed by atoms with Gasteiger partial charge in [-0.15, -0.1) is 0 Å². The van der Waals surface area contributed by atoms with Crippen LogP contribution < -0.4 is 0 Å². The first kappa shape index (κ1) is 47.9. The zero-order chi connectivity index (χ0) is 43.8. The minimum Gasteiger partial charge on any atom is -0.457 e. The van der Waals surface area contributed by atoms with E-state index in [0.717, 1.165) is 18.6 Å². The molecule has 12 nitrogen and oxygen atoms in total. The average Bonchev–Trinajstić information content (AvgIpc) is 3.40. The molecule has 1 amide bonds. The molecule has 58 heavy (non-hydrogen) atoms. The van der Waals surface area contributed by atoms with Crippen LogP contribution in [0.4, 0.5) is 4.79 Å². The number of rotatable bonds is 9. The number of cyclic esters (lactones) is 1. The van der Waals surface area contributed by atoms with Crippen molar-refractivity contribution < 1.29 is 42.8 Å². The molecule has 0 N–H and O–H groups in total. The van der Waals surface area contributed by atoms with Gasteiger partial charge in [-0.3, -0.25) is 19.5 Å². The first-order valence-corrected chi connectivity index (χ1v) is 21.5. The van der Waals surface area contributed by atoms with E-state index in [-0.39, 0.29) is 36.4 Å². The maximum absolute atomic E-state index is 15.0. The molecule has 4 heterocycles. The fraction of sp³-hybridized carbons (Fsp3) is 0.826. The Labute approximate surface area is 349 Å². The van der Waals surface area contributed by atoms with Crippen LogP contribution in [0.1, 0.15) is 129 Å². The van der Waals surface area contributed by atoms with Gasteiger partial charge in [0.05, 0.1) is 34.9 Å². The number of aliphatic imine (C=N–C) groups is 1. The van der Waals surface area contributed by atoms with Crippen molar-refractivity contribution in [2.75, 3.05) is 27.8 Å². The molecule has 0 radical (unpaired) electrons. The molecule has 4 aliphatic rings. The second-order valence-electron chi connectivity index (χ2n) is 19.4. The Morgan fingerprint density at radius 1 is 0.948 bits per heavy atom.